The van der Waals surface area contributed by atoms with Crippen molar-refractivity contribution in [1.29, 1.82) is 0 Å². The van der Waals surface area contributed by atoms with Gasteiger partial charge in [0, 0.05) is 13.6 Å². The summed E-state index contributed by atoms with van der Waals surface area (Å²) >= 11 is 9.33. The van der Waals surface area contributed by atoms with Crippen LogP contribution in [0.5, 0.6) is 5.88 Å². The minimum atomic E-state index is -0.810. The topological polar surface area (TPSA) is 114 Å². The maximum atomic E-state index is 12.5. The summed E-state index contributed by atoms with van der Waals surface area (Å²) in [5, 5.41) is 12.3. The summed E-state index contributed by atoms with van der Waals surface area (Å²) < 4.78 is 6.85. The van der Waals surface area contributed by atoms with Gasteiger partial charge in [0.05, 0.1) is 10.6 Å². The number of aromatic nitrogens is 2. The van der Waals surface area contributed by atoms with Gasteiger partial charge in [-0.3, -0.25) is 9.59 Å². The van der Waals surface area contributed by atoms with Crippen molar-refractivity contribution in [2.24, 2.45) is 7.05 Å². The van der Waals surface area contributed by atoms with Gasteiger partial charge in [-0.25, -0.2) is 9.48 Å². The number of carbonyl (C=O) groups is 3. The summed E-state index contributed by atoms with van der Waals surface area (Å²) in [5.74, 6) is -0.448. The van der Waals surface area contributed by atoms with E-state index < -0.39 is 18.0 Å². The molecule has 0 saturated carbocycles. The lowest BCUT2D eigenvalue weighted by atomic mass is 10.1. The Kier molecular flexibility index (Phi) is 6.75. The van der Waals surface area contributed by atoms with E-state index in [9.17, 15) is 14.4 Å². The van der Waals surface area contributed by atoms with Crippen LogP contribution >= 0.6 is 27.5 Å². The number of aryl methyl sites for hydroxylation is 1. The first-order valence-electron chi connectivity index (χ1n) is 8.91. The maximum Gasteiger partial charge on any atom is 0.414 e. The number of hydrogen-bond donors (Lipinski definition) is 3. The second-order valence-corrected chi connectivity index (χ2v) is 7.60. The summed E-state index contributed by atoms with van der Waals surface area (Å²) in [6, 6.07) is 5.95. The van der Waals surface area contributed by atoms with Crippen LogP contribution in [-0.4, -0.2) is 40.3 Å². The van der Waals surface area contributed by atoms with Crippen LogP contribution in [0.1, 0.15) is 29.6 Å². The zero-order valence-electron chi connectivity index (χ0n) is 15.5. The molecule has 0 bridgehead atoms. The van der Waals surface area contributed by atoms with Gasteiger partial charge in [-0.1, -0.05) is 23.7 Å². The van der Waals surface area contributed by atoms with Crippen molar-refractivity contribution in [2.75, 3.05) is 11.9 Å². The molecule has 3 N–H and O–H groups in total. The molecule has 29 heavy (non-hydrogen) atoms. The summed E-state index contributed by atoms with van der Waals surface area (Å²) in [5.41, 5.74) is 0.293. The number of ether oxygens (including phenoxy) is 1. The lowest BCUT2D eigenvalue weighted by Gasteiger charge is -2.14. The fourth-order valence-electron chi connectivity index (χ4n) is 2.83. The first kappa shape index (κ1) is 21.1. The molecule has 9 nitrogen and oxygen atoms in total. The summed E-state index contributed by atoms with van der Waals surface area (Å²) in [6.45, 7) is 0.590. The Morgan fingerprint density at radius 1 is 1.34 bits per heavy atom. The summed E-state index contributed by atoms with van der Waals surface area (Å²) in [4.78, 5) is 36.6. The van der Waals surface area contributed by atoms with E-state index in [4.69, 9.17) is 16.3 Å². The lowest BCUT2D eigenvalue weighted by molar-refractivity contribution is -0.122. The van der Waals surface area contributed by atoms with Crippen LogP contribution in [0.4, 0.5) is 10.6 Å². The number of halogens is 2. The van der Waals surface area contributed by atoms with E-state index in [-0.39, 0.29) is 22.1 Å². The third-order valence-corrected chi connectivity index (χ3v) is 5.37. The van der Waals surface area contributed by atoms with Crippen molar-refractivity contribution in [3.05, 3.63) is 39.3 Å². The average Bonchev–Trinajstić information content (AvgIpc) is 2.83. The smallest absolute Gasteiger partial charge is 0.388 e. The van der Waals surface area contributed by atoms with Gasteiger partial charge in [0.25, 0.3) is 11.8 Å². The van der Waals surface area contributed by atoms with Gasteiger partial charge >= 0.3 is 6.09 Å². The van der Waals surface area contributed by atoms with Gasteiger partial charge in [-0.15, -0.1) is 5.10 Å². The third-order valence-electron chi connectivity index (χ3n) is 4.33. The minimum absolute atomic E-state index is 0.0477. The summed E-state index contributed by atoms with van der Waals surface area (Å²) in [6.07, 6.45) is 1.40. The molecule has 11 heteroatoms. The highest BCUT2D eigenvalue weighted by Crippen LogP contribution is 2.32. The molecule has 1 saturated heterocycles. The number of benzene rings is 1. The van der Waals surface area contributed by atoms with E-state index in [1.165, 1.54) is 4.68 Å². The normalized spacial score (nSPS) is 16.5. The van der Waals surface area contributed by atoms with Gasteiger partial charge < -0.3 is 20.7 Å². The Balaban J connectivity index is 1.69. The second kappa shape index (κ2) is 9.27. The lowest BCUT2D eigenvalue weighted by Crippen LogP contribution is -2.46. The predicted octanol–water partition coefficient (Wildman–Crippen LogP) is 2.85. The van der Waals surface area contributed by atoms with Crippen molar-refractivity contribution in [3.8, 4) is 5.88 Å². The highest BCUT2D eigenvalue weighted by atomic mass is 79.9. The van der Waals surface area contributed by atoms with Crippen molar-refractivity contribution in [1.82, 2.24) is 20.4 Å². The molecule has 1 atom stereocenters. The number of nitrogens with zero attached hydrogens (tertiary/aromatic N) is 2. The van der Waals surface area contributed by atoms with Crippen LogP contribution in [0.2, 0.25) is 5.02 Å². The minimum Gasteiger partial charge on any atom is -0.388 e. The largest absolute Gasteiger partial charge is 0.414 e. The van der Waals surface area contributed by atoms with E-state index in [2.05, 4.69) is 37.0 Å². The number of carbonyl (C=O) groups excluding carboxylic acids is 3. The van der Waals surface area contributed by atoms with E-state index in [0.29, 0.717) is 23.6 Å². The second-order valence-electron chi connectivity index (χ2n) is 6.40. The Hall–Kier alpha value is -2.59. The van der Waals surface area contributed by atoms with Crippen LogP contribution < -0.4 is 20.7 Å². The molecule has 3 rings (SSSR count). The van der Waals surface area contributed by atoms with E-state index in [0.717, 1.165) is 12.8 Å². The van der Waals surface area contributed by atoms with Gasteiger partial charge in [0.15, 0.2) is 0 Å². The van der Waals surface area contributed by atoms with Crippen molar-refractivity contribution in [2.45, 2.75) is 25.3 Å². The van der Waals surface area contributed by atoms with Gasteiger partial charge in [-0.05, 0) is 47.3 Å². The number of rotatable bonds is 4. The van der Waals surface area contributed by atoms with Crippen LogP contribution in [0.15, 0.2) is 28.7 Å². The predicted molar refractivity (Wildman–Crippen MR) is 110 cm³/mol. The fourth-order valence-corrected chi connectivity index (χ4v) is 3.57. The molecule has 0 radical (unpaired) electrons. The first-order valence-corrected chi connectivity index (χ1v) is 10.1. The highest BCUT2D eigenvalue weighted by Gasteiger charge is 2.25. The molecule has 0 spiro atoms. The average molecular weight is 485 g/mol. The fraction of sp³-hybridized carbons (Fsp3) is 0.333. The molecular weight excluding hydrogens is 466 g/mol. The molecule has 1 aromatic carbocycles. The standard InChI is InChI=1S/C18H19BrClN5O4/c1-25-14(23-15(26)10-6-2-3-7-11(10)20)13(19)17(24-25)29-18(28)22-12-8-4-5-9-21-16(12)27/h2-3,6-7,12H,4-5,8-9H2,1H3,(H,21,27)(H,22,28)(H,23,26)/t12-/m1/s1. The van der Waals surface area contributed by atoms with Gasteiger partial charge in [-0.2, -0.15) is 0 Å². The molecule has 0 unspecified atom stereocenters. The Morgan fingerprint density at radius 2 is 2.10 bits per heavy atom. The van der Waals surface area contributed by atoms with E-state index in [1.807, 2.05) is 0 Å². The molecule has 1 aromatic heterocycles. The first-order chi connectivity index (χ1) is 13.9. The van der Waals surface area contributed by atoms with Crippen molar-refractivity contribution in [3.63, 3.8) is 0 Å². The molecular formula is C18H19BrClN5O4. The van der Waals surface area contributed by atoms with Crippen LogP contribution in [0, 0.1) is 0 Å². The zero-order valence-corrected chi connectivity index (χ0v) is 17.8. The molecule has 154 valence electrons. The van der Waals surface area contributed by atoms with E-state index >= 15 is 0 Å². The molecule has 1 aliphatic rings. The van der Waals surface area contributed by atoms with Gasteiger partial charge in [0.2, 0.25) is 5.91 Å². The van der Waals surface area contributed by atoms with Crippen molar-refractivity contribution >= 4 is 51.3 Å². The highest BCUT2D eigenvalue weighted by molar-refractivity contribution is 9.10. The molecule has 1 fully saturated rings. The maximum absolute atomic E-state index is 12.5. The molecule has 2 aromatic rings. The molecule has 0 aliphatic carbocycles. The molecule has 3 amide bonds. The third kappa shape index (κ3) is 5.07. The molecule has 2 heterocycles. The summed E-state index contributed by atoms with van der Waals surface area (Å²) in [7, 11) is 1.58. The number of hydrogen-bond acceptors (Lipinski definition) is 5. The van der Waals surface area contributed by atoms with E-state index in [1.54, 1.807) is 31.3 Å². The Labute approximate surface area is 180 Å². The quantitative estimate of drug-likeness (QED) is 0.617. The molecule has 1 aliphatic heterocycles. The SMILES string of the molecule is Cn1nc(OC(=O)N[C@@H]2CCCCNC2=O)c(Br)c1NC(=O)c1ccccc1Cl. The van der Waals surface area contributed by atoms with Gasteiger partial charge in [0.1, 0.15) is 16.3 Å². The Bertz CT molecular complexity index is 948. The Morgan fingerprint density at radius 3 is 2.86 bits per heavy atom. The van der Waals surface area contributed by atoms with Crippen LogP contribution in [0.25, 0.3) is 0 Å². The number of amides is 3. The zero-order chi connectivity index (χ0) is 21.0. The monoisotopic (exact) mass is 483 g/mol. The van der Waals surface area contributed by atoms with Crippen LogP contribution in [0.3, 0.4) is 0 Å². The number of anilines is 1. The van der Waals surface area contributed by atoms with Crippen molar-refractivity contribution < 1.29 is 19.1 Å². The van der Waals surface area contributed by atoms with Crippen LogP contribution in [-0.2, 0) is 11.8 Å². The number of nitrogens with one attached hydrogen (secondary N) is 3.